The van der Waals surface area contributed by atoms with Crippen LogP contribution in [0.15, 0.2) is 0 Å². The molecule has 0 heterocycles. The van der Waals surface area contributed by atoms with Gasteiger partial charge in [0.25, 0.3) is 0 Å². The summed E-state index contributed by atoms with van der Waals surface area (Å²) < 4.78 is 22.4. The van der Waals surface area contributed by atoms with Crippen molar-refractivity contribution in [1.29, 1.82) is 0 Å². The van der Waals surface area contributed by atoms with E-state index < -0.39 is 9.84 Å². The van der Waals surface area contributed by atoms with Crippen molar-refractivity contribution in [3.8, 4) is 0 Å². The van der Waals surface area contributed by atoms with Gasteiger partial charge in [-0.25, -0.2) is 8.42 Å². The highest BCUT2D eigenvalue weighted by Crippen LogP contribution is 2.20. The Morgan fingerprint density at radius 3 is 2.19 bits per heavy atom. The second-order valence-corrected chi connectivity index (χ2v) is 7.67. The van der Waals surface area contributed by atoms with Crippen molar-refractivity contribution in [2.75, 3.05) is 11.5 Å². The van der Waals surface area contributed by atoms with Gasteiger partial charge in [0.2, 0.25) is 0 Å². The fourth-order valence-corrected chi connectivity index (χ4v) is 1.89. The van der Waals surface area contributed by atoms with Gasteiger partial charge in [-0.3, -0.25) is 4.79 Å². The van der Waals surface area contributed by atoms with Crippen molar-refractivity contribution < 1.29 is 13.2 Å². The summed E-state index contributed by atoms with van der Waals surface area (Å²) in [5.74, 6) is -0.0374. The highest BCUT2D eigenvalue weighted by Gasteiger charge is 2.23. The van der Waals surface area contributed by atoms with Crippen LogP contribution in [0, 0.1) is 5.41 Å². The third-order valence-corrected chi connectivity index (χ3v) is 4.40. The van der Waals surface area contributed by atoms with Gasteiger partial charge >= 0.3 is 0 Å². The van der Waals surface area contributed by atoms with E-state index >= 15 is 0 Å². The maximum atomic E-state index is 11.5. The van der Waals surface area contributed by atoms with Crippen LogP contribution in [0.2, 0.25) is 0 Å². The molecule has 0 aromatic carbocycles. The van der Waals surface area contributed by atoms with E-state index in [0.717, 1.165) is 0 Å². The van der Waals surface area contributed by atoms with E-state index in [1.807, 2.05) is 20.8 Å². The van der Waals surface area contributed by atoms with Crippen molar-refractivity contribution in [3.63, 3.8) is 0 Å². The molecule has 0 aliphatic heterocycles. The summed E-state index contributed by atoms with van der Waals surface area (Å²) in [6.45, 7) is 7.48. The third kappa shape index (κ3) is 6.23. The van der Waals surface area contributed by atoms with Crippen molar-refractivity contribution in [1.82, 2.24) is 0 Å². The van der Waals surface area contributed by atoms with Gasteiger partial charge in [0, 0.05) is 24.6 Å². The highest BCUT2D eigenvalue weighted by atomic mass is 32.2. The maximum absolute atomic E-state index is 11.5. The smallest absolute Gasteiger partial charge is 0.150 e. The summed E-state index contributed by atoms with van der Waals surface area (Å²) in [4.78, 5) is 11.5. The Morgan fingerprint density at radius 2 is 1.81 bits per heavy atom. The molecule has 1 atom stereocenters. The third-order valence-electron chi connectivity index (χ3n) is 2.69. The van der Waals surface area contributed by atoms with Gasteiger partial charge in [0.1, 0.15) is 15.6 Å². The Morgan fingerprint density at radius 1 is 1.31 bits per heavy atom. The lowest BCUT2D eigenvalue weighted by molar-refractivity contribution is -0.119. The summed E-state index contributed by atoms with van der Waals surface area (Å²) >= 11 is 0. The van der Waals surface area contributed by atoms with Gasteiger partial charge in [-0.1, -0.05) is 27.7 Å². The van der Waals surface area contributed by atoms with Crippen LogP contribution in [0.4, 0.5) is 0 Å². The van der Waals surface area contributed by atoms with E-state index in [1.165, 1.54) is 0 Å². The summed E-state index contributed by atoms with van der Waals surface area (Å²) in [6.07, 6.45) is 0.336. The first-order valence-corrected chi connectivity index (χ1v) is 7.38. The van der Waals surface area contributed by atoms with E-state index in [9.17, 15) is 13.2 Å². The van der Waals surface area contributed by atoms with Crippen LogP contribution in [0.1, 0.15) is 40.5 Å². The summed E-state index contributed by atoms with van der Waals surface area (Å²) in [5, 5.41) is 0. The van der Waals surface area contributed by atoms with E-state index in [0.29, 0.717) is 0 Å². The zero-order valence-electron chi connectivity index (χ0n) is 10.6. The standard InChI is InChI=1S/C11H23NO3S/c1-5-16(14,15)7-6-9(13)8-10(12)11(2,3)4/h10H,5-8,12H2,1-4H3. The lowest BCUT2D eigenvalue weighted by atomic mass is 9.84. The maximum Gasteiger partial charge on any atom is 0.150 e. The van der Waals surface area contributed by atoms with Crippen LogP contribution in [-0.2, 0) is 14.6 Å². The predicted octanol–water partition coefficient (Wildman–Crippen LogP) is 1.14. The first-order valence-electron chi connectivity index (χ1n) is 5.56. The minimum atomic E-state index is -3.05. The first kappa shape index (κ1) is 15.6. The molecule has 1 unspecified atom stereocenters. The number of rotatable bonds is 6. The van der Waals surface area contributed by atoms with Crippen LogP contribution in [0.5, 0.6) is 0 Å². The molecule has 0 amide bonds. The zero-order chi connectivity index (χ0) is 13.0. The largest absolute Gasteiger partial charge is 0.327 e. The van der Waals surface area contributed by atoms with Gasteiger partial charge in [-0.05, 0) is 5.41 Å². The minimum Gasteiger partial charge on any atom is -0.327 e. The van der Waals surface area contributed by atoms with Crippen molar-refractivity contribution in [3.05, 3.63) is 0 Å². The van der Waals surface area contributed by atoms with E-state index in [-0.39, 0.29) is 41.6 Å². The van der Waals surface area contributed by atoms with Gasteiger partial charge in [0.15, 0.2) is 0 Å². The number of carbonyl (C=O) groups excluding carboxylic acids is 1. The number of hydrogen-bond donors (Lipinski definition) is 1. The average Bonchev–Trinajstić information content (AvgIpc) is 2.13. The molecule has 0 aromatic heterocycles. The molecule has 0 spiro atoms. The fourth-order valence-electron chi connectivity index (χ4n) is 1.07. The number of sulfone groups is 1. The molecule has 96 valence electrons. The molecule has 5 heteroatoms. The molecule has 2 N–H and O–H groups in total. The molecule has 0 aliphatic rings. The molecule has 0 rings (SSSR count). The zero-order valence-corrected chi connectivity index (χ0v) is 11.4. The number of nitrogens with two attached hydrogens (primary N) is 1. The number of Topliss-reactive ketones (excluding diaryl/α,β-unsaturated/α-hetero) is 1. The highest BCUT2D eigenvalue weighted by molar-refractivity contribution is 7.91. The SMILES string of the molecule is CCS(=O)(=O)CCC(=O)CC(N)C(C)(C)C. The molecule has 0 radical (unpaired) electrons. The Kier molecular flexibility index (Phi) is 5.62. The molecule has 0 aliphatic carbocycles. The number of ketones is 1. The summed E-state index contributed by atoms with van der Waals surface area (Å²) in [7, 11) is -3.05. The minimum absolute atomic E-state index is 0.0564. The molecule has 0 aromatic rings. The molecule has 0 saturated carbocycles. The lowest BCUT2D eigenvalue weighted by Gasteiger charge is -2.26. The number of hydrogen-bond acceptors (Lipinski definition) is 4. The van der Waals surface area contributed by atoms with Crippen LogP contribution in [0.25, 0.3) is 0 Å². The quantitative estimate of drug-likeness (QED) is 0.766. The van der Waals surface area contributed by atoms with Gasteiger partial charge in [-0.15, -0.1) is 0 Å². The van der Waals surface area contributed by atoms with Crippen molar-refractivity contribution in [2.24, 2.45) is 11.1 Å². The van der Waals surface area contributed by atoms with Crippen LogP contribution in [0.3, 0.4) is 0 Å². The summed E-state index contributed by atoms with van der Waals surface area (Å²) in [6, 6.07) is -0.218. The van der Waals surface area contributed by atoms with Crippen LogP contribution < -0.4 is 5.73 Å². The van der Waals surface area contributed by atoms with Gasteiger partial charge in [-0.2, -0.15) is 0 Å². The Hall–Kier alpha value is -0.420. The van der Waals surface area contributed by atoms with Gasteiger partial charge in [0.05, 0.1) is 5.75 Å². The first-order chi connectivity index (χ1) is 7.08. The molecule has 4 nitrogen and oxygen atoms in total. The Balaban J connectivity index is 4.12. The van der Waals surface area contributed by atoms with Gasteiger partial charge < -0.3 is 5.73 Å². The fraction of sp³-hybridized carbons (Fsp3) is 0.909. The molecule has 0 bridgehead atoms. The molecule has 16 heavy (non-hydrogen) atoms. The normalized spacial score (nSPS) is 14.8. The summed E-state index contributed by atoms with van der Waals surface area (Å²) in [5.41, 5.74) is 5.73. The topological polar surface area (TPSA) is 77.2 Å². The average molecular weight is 249 g/mol. The monoisotopic (exact) mass is 249 g/mol. The predicted molar refractivity (Wildman–Crippen MR) is 66.0 cm³/mol. The van der Waals surface area contributed by atoms with Crippen molar-refractivity contribution >= 4 is 15.6 Å². The van der Waals surface area contributed by atoms with Crippen LogP contribution >= 0.6 is 0 Å². The molecule has 0 saturated heterocycles. The molecular formula is C11H23NO3S. The number of carbonyl (C=O) groups is 1. The second-order valence-electron chi connectivity index (χ2n) is 5.20. The lowest BCUT2D eigenvalue weighted by Crippen LogP contribution is -2.37. The van der Waals surface area contributed by atoms with Crippen molar-refractivity contribution in [2.45, 2.75) is 46.6 Å². The van der Waals surface area contributed by atoms with Crippen LogP contribution in [-0.4, -0.2) is 31.7 Å². The second kappa shape index (κ2) is 5.77. The van der Waals surface area contributed by atoms with E-state index in [1.54, 1.807) is 6.92 Å². The molecule has 0 fully saturated rings. The Bertz CT molecular complexity index is 328. The van der Waals surface area contributed by atoms with E-state index in [2.05, 4.69) is 0 Å². The van der Waals surface area contributed by atoms with E-state index in [4.69, 9.17) is 5.73 Å². The molecular weight excluding hydrogens is 226 g/mol. The Labute approximate surface area is 98.5 Å².